The van der Waals surface area contributed by atoms with Gasteiger partial charge in [-0.1, -0.05) is 18.6 Å². The average Bonchev–Trinajstić information content (AvgIpc) is 2.44. The van der Waals surface area contributed by atoms with Gasteiger partial charge in [-0.3, -0.25) is 9.59 Å². The molecule has 1 amide bonds. The lowest BCUT2D eigenvalue weighted by Crippen LogP contribution is -2.46. The van der Waals surface area contributed by atoms with Gasteiger partial charge >= 0.3 is 5.97 Å². The van der Waals surface area contributed by atoms with E-state index in [4.69, 9.17) is 5.14 Å². The topological polar surface area (TPSA) is 118 Å². The Morgan fingerprint density at radius 3 is 2.52 bits per heavy atom. The van der Waals surface area contributed by atoms with E-state index in [1.54, 1.807) is 13.0 Å². The number of aliphatic carboxylic acids is 1. The molecule has 2 rings (SSSR count). The van der Waals surface area contributed by atoms with Gasteiger partial charge in [-0.25, -0.2) is 13.6 Å². The lowest BCUT2D eigenvalue weighted by atomic mass is 9.90. The van der Waals surface area contributed by atoms with Crippen LogP contribution in [0.1, 0.15) is 29.3 Å². The van der Waals surface area contributed by atoms with Gasteiger partial charge in [-0.15, -0.1) is 0 Å². The molecule has 1 aliphatic heterocycles. The summed E-state index contributed by atoms with van der Waals surface area (Å²) in [4.78, 5) is 25.1. The summed E-state index contributed by atoms with van der Waals surface area (Å²) in [5, 5.41) is 14.4. The van der Waals surface area contributed by atoms with Crippen LogP contribution in [0.15, 0.2) is 23.1 Å². The summed E-state index contributed by atoms with van der Waals surface area (Å²) in [5.74, 6) is -2.08. The first-order valence-corrected chi connectivity index (χ1v) is 8.79. The van der Waals surface area contributed by atoms with Crippen LogP contribution in [0, 0.1) is 18.8 Å². The average molecular weight is 340 g/mol. The fourth-order valence-electron chi connectivity index (χ4n) is 2.93. The number of carboxylic acid groups (broad SMARTS) is 1. The van der Waals surface area contributed by atoms with Crippen LogP contribution in [0.5, 0.6) is 0 Å². The lowest BCUT2D eigenvalue weighted by Gasteiger charge is -2.35. The second-order valence-electron chi connectivity index (χ2n) is 6.13. The Labute approximate surface area is 135 Å². The zero-order chi connectivity index (χ0) is 17.4. The number of aryl methyl sites for hydroxylation is 1. The number of likely N-dealkylation sites (tertiary alicyclic amines) is 1. The molecule has 2 unspecified atom stereocenters. The monoisotopic (exact) mass is 340 g/mol. The number of carbonyl (C=O) groups is 2. The summed E-state index contributed by atoms with van der Waals surface area (Å²) in [5.41, 5.74) is 0.714. The van der Waals surface area contributed by atoms with E-state index in [-0.39, 0.29) is 22.9 Å². The largest absolute Gasteiger partial charge is 0.481 e. The van der Waals surface area contributed by atoms with E-state index in [2.05, 4.69) is 0 Å². The molecule has 1 aromatic carbocycles. The molecule has 2 atom stereocenters. The van der Waals surface area contributed by atoms with E-state index in [1.807, 2.05) is 6.92 Å². The van der Waals surface area contributed by atoms with Crippen LogP contribution in [0.3, 0.4) is 0 Å². The third-order valence-electron chi connectivity index (χ3n) is 3.97. The Balaban J connectivity index is 2.40. The molecular weight excluding hydrogens is 320 g/mol. The number of rotatable bonds is 3. The van der Waals surface area contributed by atoms with Crippen LogP contribution in [0.4, 0.5) is 0 Å². The minimum atomic E-state index is -4.04. The highest BCUT2D eigenvalue weighted by Crippen LogP contribution is 2.25. The highest BCUT2D eigenvalue weighted by Gasteiger charge is 2.33. The zero-order valence-electron chi connectivity index (χ0n) is 13.0. The zero-order valence-corrected chi connectivity index (χ0v) is 13.8. The van der Waals surface area contributed by atoms with Gasteiger partial charge in [-0.05, 0) is 31.4 Å². The molecule has 8 heteroatoms. The van der Waals surface area contributed by atoms with Crippen LogP contribution in [-0.2, 0) is 14.8 Å². The predicted octanol–water partition coefficient (Wildman–Crippen LogP) is 0.825. The van der Waals surface area contributed by atoms with Crippen molar-refractivity contribution in [3.05, 3.63) is 29.3 Å². The van der Waals surface area contributed by atoms with Gasteiger partial charge < -0.3 is 10.0 Å². The van der Waals surface area contributed by atoms with E-state index < -0.39 is 27.8 Å². The molecule has 1 aromatic rings. The molecule has 3 N–H and O–H groups in total. The molecule has 7 nitrogen and oxygen atoms in total. The van der Waals surface area contributed by atoms with Crippen molar-refractivity contribution >= 4 is 21.9 Å². The SMILES string of the molecule is Cc1ccc(S(N)(=O)=O)c(C(=O)N2CC(C)CC(C(=O)O)C2)c1. The molecule has 0 radical (unpaired) electrons. The van der Waals surface area contributed by atoms with Gasteiger partial charge in [0.2, 0.25) is 10.0 Å². The van der Waals surface area contributed by atoms with Crippen molar-refractivity contribution in [3.8, 4) is 0 Å². The maximum Gasteiger partial charge on any atom is 0.308 e. The van der Waals surface area contributed by atoms with Gasteiger partial charge in [0.1, 0.15) is 0 Å². The van der Waals surface area contributed by atoms with Gasteiger partial charge in [0, 0.05) is 13.1 Å². The first-order chi connectivity index (χ1) is 10.6. The number of nitrogens with zero attached hydrogens (tertiary/aromatic N) is 1. The maximum absolute atomic E-state index is 12.7. The standard InChI is InChI=1S/C15H20N2O5S/c1-9-3-4-13(23(16,21)22)12(6-9)14(18)17-7-10(2)5-11(8-17)15(19)20/h3-4,6,10-11H,5,7-8H2,1-2H3,(H,19,20)(H2,16,21,22). The van der Waals surface area contributed by atoms with Crippen LogP contribution < -0.4 is 5.14 Å². The van der Waals surface area contributed by atoms with Gasteiger partial charge in [-0.2, -0.15) is 0 Å². The van der Waals surface area contributed by atoms with Crippen LogP contribution >= 0.6 is 0 Å². The number of hydrogen-bond acceptors (Lipinski definition) is 4. The molecule has 0 spiro atoms. The van der Waals surface area contributed by atoms with Crippen molar-refractivity contribution in [3.63, 3.8) is 0 Å². The van der Waals surface area contributed by atoms with Crippen LogP contribution in [0.25, 0.3) is 0 Å². The summed E-state index contributed by atoms with van der Waals surface area (Å²) >= 11 is 0. The molecule has 126 valence electrons. The number of sulfonamides is 1. The summed E-state index contributed by atoms with van der Waals surface area (Å²) in [7, 11) is -4.04. The number of amides is 1. The molecule has 1 heterocycles. The minimum absolute atomic E-state index is 0.00858. The maximum atomic E-state index is 12.7. The van der Waals surface area contributed by atoms with Crippen LogP contribution in [0.2, 0.25) is 0 Å². The Morgan fingerprint density at radius 1 is 1.30 bits per heavy atom. The molecular formula is C15H20N2O5S. The van der Waals surface area contributed by atoms with Gasteiger partial charge in [0.05, 0.1) is 16.4 Å². The molecule has 0 aromatic heterocycles. The number of carbonyl (C=O) groups excluding carboxylic acids is 1. The van der Waals surface area contributed by atoms with E-state index >= 15 is 0 Å². The summed E-state index contributed by atoms with van der Waals surface area (Å²) in [6.45, 7) is 4.06. The smallest absolute Gasteiger partial charge is 0.308 e. The van der Waals surface area contributed by atoms with Crippen molar-refractivity contribution in [2.24, 2.45) is 17.0 Å². The summed E-state index contributed by atoms with van der Waals surface area (Å²) in [6, 6.07) is 4.34. The second-order valence-corrected chi connectivity index (χ2v) is 7.66. The highest BCUT2D eigenvalue weighted by atomic mass is 32.2. The quantitative estimate of drug-likeness (QED) is 0.845. The molecule has 1 aliphatic rings. The molecule has 1 saturated heterocycles. The Hall–Kier alpha value is -1.93. The fourth-order valence-corrected chi connectivity index (χ4v) is 3.64. The molecule has 1 fully saturated rings. The van der Waals surface area contributed by atoms with Crippen molar-refractivity contribution < 1.29 is 23.1 Å². The first-order valence-electron chi connectivity index (χ1n) is 7.25. The van der Waals surface area contributed by atoms with Crippen molar-refractivity contribution in [2.75, 3.05) is 13.1 Å². The fraction of sp³-hybridized carbons (Fsp3) is 0.467. The van der Waals surface area contributed by atoms with Gasteiger partial charge in [0.15, 0.2) is 0 Å². The minimum Gasteiger partial charge on any atom is -0.481 e. The number of hydrogen-bond donors (Lipinski definition) is 2. The van der Waals surface area contributed by atoms with Crippen molar-refractivity contribution in [2.45, 2.75) is 25.2 Å². The second kappa shape index (κ2) is 6.29. The van der Waals surface area contributed by atoms with E-state index in [0.29, 0.717) is 13.0 Å². The molecule has 0 saturated carbocycles. The third-order valence-corrected chi connectivity index (χ3v) is 4.94. The number of primary sulfonamides is 1. The summed E-state index contributed by atoms with van der Waals surface area (Å²) < 4.78 is 23.4. The van der Waals surface area contributed by atoms with E-state index in [1.165, 1.54) is 17.0 Å². The number of carboxylic acids is 1. The van der Waals surface area contributed by atoms with E-state index in [0.717, 1.165) is 5.56 Å². The highest BCUT2D eigenvalue weighted by molar-refractivity contribution is 7.89. The van der Waals surface area contributed by atoms with Crippen molar-refractivity contribution in [1.29, 1.82) is 0 Å². The van der Waals surface area contributed by atoms with E-state index in [9.17, 15) is 23.1 Å². The first kappa shape index (κ1) is 17.4. The number of nitrogens with two attached hydrogens (primary N) is 1. The van der Waals surface area contributed by atoms with Crippen LogP contribution in [-0.4, -0.2) is 43.4 Å². The summed E-state index contributed by atoms with van der Waals surface area (Å²) in [6.07, 6.45) is 0.495. The molecule has 23 heavy (non-hydrogen) atoms. The lowest BCUT2D eigenvalue weighted by molar-refractivity contribution is -0.143. The Kier molecular flexibility index (Phi) is 4.76. The number of piperidine rings is 1. The normalized spacial score (nSPS) is 22.0. The number of benzene rings is 1. The van der Waals surface area contributed by atoms with Crippen molar-refractivity contribution in [1.82, 2.24) is 4.90 Å². The van der Waals surface area contributed by atoms with Gasteiger partial charge in [0.25, 0.3) is 5.91 Å². The third kappa shape index (κ3) is 3.89. The molecule has 0 aliphatic carbocycles. The Bertz CT molecular complexity index is 744. The Morgan fingerprint density at radius 2 is 1.96 bits per heavy atom. The molecule has 0 bridgehead atoms. The predicted molar refractivity (Wildman–Crippen MR) is 83.4 cm³/mol.